The summed E-state index contributed by atoms with van der Waals surface area (Å²) in [6.07, 6.45) is 3.36. The number of nitrogens with one attached hydrogen (secondary N) is 1. The molecule has 8 heteroatoms. The molecule has 2 saturated heterocycles. The molecule has 168 valence electrons. The molecule has 0 aliphatic carbocycles. The summed E-state index contributed by atoms with van der Waals surface area (Å²) >= 11 is 0. The van der Waals surface area contributed by atoms with Crippen LogP contribution in [-0.2, 0) is 9.59 Å². The van der Waals surface area contributed by atoms with E-state index in [1.54, 1.807) is 24.2 Å². The van der Waals surface area contributed by atoms with Crippen molar-refractivity contribution >= 4 is 17.7 Å². The molecule has 3 heterocycles. The first-order valence-electron chi connectivity index (χ1n) is 10.9. The third-order valence-corrected chi connectivity index (χ3v) is 6.39. The lowest BCUT2D eigenvalue weighted by Crippen LogP contribution is -2.45. The van der Waals surface area contributed by atoms with Gasteiger partial charge < -0.3 is 15.1 Å². The van der Waals surface area contributed by atoms with Crippen molar-refractivity contribution in [2.24, 2.45) is 11.8 Å². The van der Waals surface area contributed by atoms with Crippen molar-refractivity contribution in [2.75, 3.05) is 26.7 Å². The number of aromatic nitrogens is 1. The molecule has 7 nitrogen and oxygen atoms in total. The number of nitrogens with zero attached hydrogens (tertiary/aromatic N) is 3. The summed E-state index contributed by atoms with van der Waals surface area (Å²) < 4.78 is 13.6. The quantitative estimate of drug-likeness (QED) is 0.777. The topological polar surface area (TPSA) is 82.6 Å². The standard InChI is InChI=1S/C24H27FN4O3/c1-28-15-18(14-21(28)30)24(32)29-11-8-16(9-12-29)22(20-7-2-3-10-26-20)27-23(31)17-5-4-6-19(25)13-17/h2-7,10,13,16,18,22H,8-9,11-12,14-15H2,1H3,(H,27,31)/t18-,22-/m1/s1. The molecule has 2 fully saturated rings. The minimum absolute atomic E-state index is 0.00788. The van der Waals surface area contributed by atoms with Gasteiger partial charge in [0.2, 0.25) is 11.8 Å². The van der Waals surface area contributed by atoms with Gasteiger partial charge in [0.25, 0.3) is 5.91 Å². The Balaban J connectivity index is 1.44. The fraction of sp³-hybridized carbons (Fsp3) is 0.417. The van der Waals surface area contributed by atoms with Crippen molar-refractivity contribution in [1.29, 1.82) is 0 Å². The van der Waals surface area contributed by atoms with Gasteiger partial charge in [0.15, 0.2) is 0 Å². The van der Waals surface area contributed by atoms with Crippen molar-refractivity contribution in [1.82, 2.24) is 20.1 Å². The minimum atomic E-state index is -0.463. The summed E-state index contributed by atoms with van der Waals surface area (Å²) in [4.78, 5) is 45.4. The molecule has 0 radical (unpaired) electrons. The molecule has 1 N–H and O–H groups in total. The van der Waals surface area contributed by atoms with Gasteiger partial charge in [-0.25, -0.2) is 4.39 Å². The van der Waals surface area contributed by atoms with Crippen molar-refractivity contribution < 1.29 is 18.8 Å². The van der Waals surface area contributed by atoms with Gasteiger partial charge in [-0.2, -0.15) is 0 Å². The highest BCUT2D eigenvalue weighted by Crippen LogP contribution is 2.31. The summed E-state index contributed by atoms with van der Waals surface area (Å²) in [6.45, 7) is 1.60. The summed E-state index contributed by atoms with van der Waals surface area (Å²) in [7, 11) is 1.72. The number of amides is 3. The van der Waals surface area contributed by atoms with E-state index in [-0.39, 0.29) is 47.6 Å². The van der Waals surface area contributed by atoms with Crippen LogP contribution in [0.5, 0.6) is 0 Å². The van der Waals surface area contributed by atoms with Crippen LogP contribution < -0.4 is 5.32 Å². The maximum absolute atomic E-state index is 13.6. The molecule has 2 aliphatic rings. The zero-order valence-electron chi connectivity index (χ0n) is 18.0. The molecule has 1 aromatic carbocycles. The van der Waals surface area contributed by atoms with Crippen molar-refractivity contribution in [3.8, 4) is 0 Å². The monoisotopic (exact) mass is 438 g/mol. The number of benzene rings is 1. The van der Waals surface area contributed by atoms with Gasteiger partial charge >= 0.3 is 0 Å². The first-order chi connectivity index (χ1) is 15.4. The summed E-state index contributed by atoms with van der Waals surface area (Å²) in [5.74, 6) is -0.975. The van der Waals surface area contributed by atoms with Gasteiger partial charge in [0.1, 0.15) is 5.82 Å². The van der Waals surface area contributed by atoms with Crippen LogP contribution in [0.15, 0.2) is 48.7 Å². The third-order valence-electron chi connectivity index (χ3n) is 6.39. The second kappa shape index (κ2) is 9.46. The molecular formula is C24H27FN4O3. The number of hydrogen-bond acceptors (Lipinski definition) is 4. The fourth-order valence-electron chi connectivity index (χ4n) is 4.59. The number of hydrogen-bond donors (Lipinski definition) is 1. The Morgan fingerprint density at radius 2 is 1.94 bits per heavy atom. The average Bonchev–Trinajstić information content (AvgIpc) is 3.15. The van der Waals surface area contributed by atoms with E-state index in [0.29, 0.717) is 32.5 Å². The average molecular weight is 439 g/mol. The molecule has 0 unspecified atom stereocenters. The second-order valence-electron chi connectivity index (χ2n) is 8.55. The zero-order chi connectivity index (χ0) is 22.7. The Bertz CT molecular complexity index is 992. The summed E-state index contributed by atoms with van der Waals surface area (Å²) in [5.41, 5.74) is 0.999. The largest absolute Gasteiger partial charge is 0.345 e. The van der Waals surface area contributed by atoms with E-state index in [1.165, 1.54) is 18.2 Å². The first kappa shape index (κ1) is 21.9. The Kier molecular flexibility index (Phi) is 6.48. The molecule has 32 heavy (non-hydrogen) atoms. The van der Waals surface area contributed by atoms with E-state index in [4.69, 9.17) is 0 Å². The number of likely N-dealkylation sites (tertiary alicyclic amines) is 2. The molecule has 2 atom stereocenters. The maximum atomic E-state index is 13.6. The molecular weight excluding hydrogens is 411 g/mol. The molecule has 3 amide bonds. The van der Waals surface area contributed by atoms with Gasteiger partial charge in [-0.3, -0.25) is 19.4 Å². The van der Waals surface area contributed by atoms with E-state index in [2.05, 4.69) is 10.3 Å². The van der Waals surface area contributed by atoms with Gasteiger partial charge in [-0.05, 0) is 49.1 Å². The van der Waals surface area contributed by atoms with E-state index < -0.39 is 5.82 Å². The molecule has 0 saturated carbocycles. The number of rotatable bonds is 5. The number of carbonyl (C=O) groups is 3. The molecule has 4 rings (SSSR count). The Morgan fingerprint density at radius 1 is 1.16 bits per heavy atom. The van der Waals surface area contributed by atoms with Crippen LogP contribution >= 0.6 is 0 Å². The number of piperidine rings is 1. The van der Waals surface area contributed by atoms with Gasteiger partial charge in [-0.1, -0.05) is 12.1 Å². The Morgan fingerprint density at radius 3 is 2.56 bits per heavy atom. The second-order valence-corrected chi connectivity index (χ2v) is 8.55. The molecule has 2 aliphatic heterocycles. The van der Waals surface area contributed by atoms with Gasteiger partial charge in [-0.15, -0.1) is 0 Å². The van der Waals surface area contributed by atoms with Crippen LogP contribution in [0.25, 0.3) is 0 Å². The van der Waals surface area contributed by atoms with E-state index >= 15 is 0 Å². The zero-order valence-corrected chi connectivity index (χ0v) is 18.0. The van der Waals surface area contributed by atoms with Crippen LogP contribution in [-0.4, -0.2) is 59.2 Å². The lowest BCUT2D eigenvalue weighted by molar-refractivity contribution is -0.137. The van der Waals surface area contributed by atoms with Crippen LogP contribution in [0.1, 0.15) is 41.4 Å². The van der Waals surface area contributed by atoms with Crippen LogP contribution in [0.2, 0.25) is 0 Å². The van der Waals surface area contributed by atoms with Crippen molar-refractivity contribution in [3.05, 3.63) is 65.7 Å². The third kappa shape index (κ3) is 4.79. The van der Waals surface area contributed by atoms with Crippen molar-refractivity contribution in [2.45, 2.75) is 25.3 Å². The predicted molar refractivity (Wildman–Crippen MR) is 116 cm³/mol. The fourth-order valence-corrected chi connectivity index (χ4v) is 4.59. The molecule has 0 spiro atoms. The van der Waals surface area contributed by atoms with E-state index in [1.807, 2.05) is 23.1 Å². The van der Waals surface area contributed by atoms with Crippen molar-refractivity contribution in [3.63, 3.8) is 0 Å². The molecule has 1 aromatic heterocycles. The summed E-state index contributed by atoms with van der Waals surface area (Å²) in [6, 6.07) is 10.8. The highest BCUT2D eigenvalue weighted by atomic mass is 19.1. The predicted octanol–water partition coefficient (Wildman–Crippen LogP) is 2.41. The minimum Gasteiger partial charge on any atom is -0.345 e. The number of halogens is 1. The Labute approximate surface area is 186 Å². The first-order valence-corrected chi connectivity index (χ1v) is 10.9. The number of carbonyl (C=O) groups excluding carboxylic acids is 3. The smallest absolute Gasteiger partial charge is 0.251 e. The van der Waals surface area contributed by atoms with Gasteiger partial charge in [0, 0.05) is 44.9 Å². The lowest BCUT2D eigenvalue weighted by atomic mass is 9.86. The maximum Gasteiger partial charge on any atom is 0.251 e. The molecule has 0 bridgehead atoms. The normalized spacial score (nSPS) is 20.3. The highest BCUT2D eigenvalue weighted by Gasteiger charge is 2.37. The van der Waals surface area contributed by atoms with Gasteiger partial charge in [0.05, 0.1) is 17.7 Å². The van der Waals surface area contributed by atoms with E-state index in [9.17, 15) is 18.8 Å². The SMILES string of the molecule is CN1C[C@H](C(=O)N2CCC([C@@H](NC(=O)c3cccc(F)c3)c3ccccn3)CC2)CC1=O. The lowest BCUT2D eigenvalue weighted by Gasteiger charge is -2.37. The van der Waals surface area contributed by atoms with Crippen LogP contribution in [0.3, 0.4) is 0 Å². The Hall–Kier alpha value is -3.29. The molecule has 2 aromatic rings. The highest BCUT2D eigenvalue weighted by molar-refractivity contribution is 5.94. The van der Waals surface area contributed by atoms with E-state index in [0.717, 1.165) is 5.69 Å². The van der Waals surface area contributed by atoms with Crippen LogP contribution in [0.4, 0.5) is 4.39 Å². The number of pyridine rings is 1. The summed E-state index contributed by atoms with van der Waals surface area (Å²) in [5, 5.41) is 3.03. The van der Waals surface area contributed by atoms with Crippen LogP contribution in [0, 0.1) is 17.7 Å².